The molecule has 0 aliphatic heterocycles. The summed E-state index contributed by atoms with van der Waals surface area (Å²) in [5.41, 5.74) is 3.44. The Hall–Kier alpha value is -6.88. The lowest BCUT2D eigenvalue weighted by molar-refractivity contribution is 0.0877. The Kier molecular flexibility index (Phi) is 12.7. The molecule has 61 heavy (non-hydrogen) atoms. The molecule has 0 radical (unpaired) electrons. The summed E-state index contributed by atoms with van der Waals surface area (Å²) in [5, 5.41) is 87.9. The second kappa shape index (κ2) is 17.8. The van der Waals surface area contributed by atoms with Crippen LogP contribution in [0.4, 0.5) is 0 Å². The SMILES string of the molecule is CC(C)=CCC/C(C)=C/Cc1c(-c2ccc(O)cc2O)oc2c([C@@H]3C=C(C)C[C@@H](c4ccc(O)cc4O)[C@H]3C(=O)c3cc(CC=C(C)C)c(O)cc3O)c(O)cc(O)c2c1=O. The lowest BCUT2D eigenvalue weighted by Crippen LogP contribution is -2.32. The molecule has 1 aliphatic carbocycles. The third kappa shape index (κ3) is 9.16. The fraction of sp³-hybridized carbons (Fsp3) is 0.280. The molecular formula is C50H52O11. The Labute approximate surface area is 353 Å². The van der Waals surface area contributed by atoms with E-state index in [1.165, 1.54) is 35.9 Å². The predicted molar refractivity (Wildman–Crippen MR) is 235 cm³/mol. The normalized spacial score (nSPS) is 16.6. The van der Waals surface area contributed by atoms with Gasteiger partial charge in [0.05, 0.1) is 11.1 Å². The average molecular weight is 829 g/mol. The van der Waals surface area contributed by atoms with E-state index in [1.807, 2.05) is 46.8 Å². The molecule has 3 atom stereocenters. The number of fused-ring (bicyclic) bond motifs is 1. The van der Waals surface area contributed by atoms with Crippen LogP contribution in [0.15, 0.2) is 110 Å². The molecule has 0 fully saturated rings. The fourth-order valence-electron chi connectivity index (χ4n) is 8.23. The summed E-state index contributed by atoms with van der Waals surface area (Å²) in [7, 11) is 0. The first kappa shape index (κ1) is 43.7. The third-order valence-corrected chi connectivity index (χ3v) is 11.3. The van der Waals surface area contributed by atoms with E-state index in [9.17, 15) is 45.6 Å². The summed E-state index contributed by atoms with van der Waals surface area (Å²) >= 11 is 0. The highest BCUT2D eigenvalue weighted by molar-refractivity contribution is 6.03. The second-order valence-electron chi connectivity index (χ2n) is 16.5. The Bertz CT molecular complexity index is 2720. The van der Waals surface area contributed by atoms with Gasteiger partial charge in [-0.05, 0) is 109 Å². The van der Waals surface area contributed by atoms with Crippen molar-refractivity contribution in [1.29, 1.82) is 0 Å². The van der Waals surface area contributed by atoms with Gasteiger partial charge in [-0.2, -0.15) is 0 Å². The number of carbonyl (C=O) groups is 1. The molecule has 0 saturated carbocycles. The average Bonchev–Trinajstić information content (AvgIpc) is 3.16. The van der Waals surface area contributed by atoms with Crippen LogP contribution in [-0.2, 0) is 12.8 Å². The van der Waals surface area contributed by atoms with Gasteiger partial charge in [0.2, 0.25) is 5.43 Å². The maximum atomic E-state index is 15.2. The first-order valence-corrected chi connectivity index (χ1v) is 20.1. The topological polar surface area (TPSA) is 209 Å². The molecule has 8 N–H and O–H groups in total. The molecule has 0 saturated heterocycles. The largest absolute Gasteiger partial charge is 0.508 e. The van der Waals surface area contributed by atoms with Gasteiger partial charge >= 0.3 is 0 Å². The van der Waals surface area contributed by atoms with E-state index in [1.54, 1.807) is 13.0 Å². The van der Waals surface area contributed by atoms with Crippen LogP contribution < -0.4 is 5.43 Å². The Balaban J connectivity index is 1.65. The van der Waals surface area contributed by atoms with Crippen molar-refractivity contribution < 1.29 is 50.1 Å². The quantitative estimate of drug-likeness (QED) is 0.0438. The Morgan fingerprint density at radius 1 is 0.721 bits per heavy atom. The number of hydrogen-bond donors (Lipinski definition) is 8. The lowest BCUT2D eigenvalue weighted by Gasteiger charge is -2.37. The van der Waals surface area contributed by atoms with E-state index in [0.29, 0.717) is 12.0 Å². The van der Waals surface area contributed by atoms with Gasteiger partial charge in [0, 0.05) is 53.1 Å². The zero-order valence-corrected chi connectivity index (χ0v) is 35.1. The van der Waals surface area contributed by atoms with Crippen LogP contribution >= 0.6 is 0 Å². The summed E-state index contributed by atoms with van der Waals surface area (Å²) in [6.45, 7) is 11.5. The van der Waals surface area contributed by atoms with Crippen molar-refractivity contribution in [2.24, 2.45) is 5.92 Å². The van der Waals surface area contributed by atoms with Crippen molar-refractivity contribution in [3.63, 3.8) is 0 Å². The van der Waals surface area contributed by atoms with Crippen molar-refractivity contribution in [2.45, 2.75) is 85.5 Å². The van der Waals surface area contributed by atoms with Gasteiger partial charge < -0.3 is 45.3 Å². The molecule has 0 unspecified atom stereocenters. The van der Waals surface area contributed by atoms with Gasteiger partial charge in [-0.15, -0.1) is 0 Å². The number of rotatable bonds is 12. The van der Waals surface area contributed by atoms with Crippen molar-refractivity contribution >= 4 is 16.8 Å². The van der Waals surface area contributed by atoms with Crippen LogP contribution in [0.25, 0.3) is 22.3 Å². The molecule has 11 heteroatoms. The number of phenols is 8. The Morgan fingerprint density at radius 3 is 2.03 bits per heavy atom. The standard InChI is InChI=1S/C50H52O11/c1-25(2)8-7-9-27(5)11-15-34-47(59)46-43(58)24-42(57)45(50(46)61-49(34)33-17-14-31(52)22-40(33)55)37-19-28(6)18-35(32-16-13-30(51)21-39(32)54)44(37)48(60)36-20-29(12-10-26(3)4)38(53)23-41(36)56/h8,10-11,13-14,16-17,19-24,35,37,44,51-58H,7,9,12,15,18H2,1-6H3/b27-11+/t35-,37+,44+/m0/s1. The first-order valence-electron chi connectivity index (χ1n) is 20.1. The maximum absolute atomic E-state index is 15.2. The van der Waals surface area contributed by atoms with Crippen LogP contribution in [0.2, 0.25) is 0 Å². The van der Waals surface area contributed by atoms with Crippen molar-refractivity contribution in [1.82, 2.24) is 0 Å². The van der Waals surface area contributed by atoms with Gasteiger partial charge in [-0.3, -0.25) is 9.59 Å². The molecule has 1 aromatic heterocycles. The van der Waals surface area contributed by atoms with Crippen LogP contribution in [-0.4, -0.2) is 46.6 Å². The summed E-state index contributed by atoms with van der Waals surface area (Å²) in [4.78, 5) is 30.0. The van der Waals surface area contributed by atoms with E-state index in [0.717, 1.165) is 47.4 Å². The summed E-state index contributed by atoms with van der Waals surface area (Å²) < 4.78 is 6.62. The van der Waals surface area contributed by atoms with Crippen LogP contribution in [0.3, 0.4) is 0 Å². The summed E-state index contributed by atoms with van der Waals surface area (Å²) in [6, 6.07) is 11.3. The van der Waals surface area contributed by atoms with E-state index in [4.69, 9.17) is 4.42 Å². The first-order chi connectivity index (χ1) is 28.9. The minimum atomic E-state index is -1.24. The lowest BCUT2D eigenvalue weighted by atomic mass is 9.65. The van der Waals surface area contributed by atoms with Gasteiger partial charge in [-0.1, -0.05) is 52.7 Å². The number of ketones is 1. The minimum absolute atomic E-state index is 0.0329. The van der Waals surface area contributed by atoms with Crippen LogP contribution in [0.5, 0.6) is 46.0 Å². The molecule has 5 aromatic rings. The number of aromatic hydroxyl groups is 8. The van der Waals surface area contributed by atoms with E-state index in [2.05, 4.69) is 6.08 Å². The van der Waals surface area contributed by atoms with Crippen LogP contribution in [0.1, 0.15) is 105 Å². The maximum Gasteiger partial charge on any atom is 0.200 e. The van der Waals surface area contributed by atoms with E-state index in [-0.39, 0.29) is 86.8 Å². The highest BCUT2D eigenvalue weighted by atomic mass is 16.3. The van der Waals surface area contributed by atoms with Crippen molar-refractivity contribution in [3.05, 3.63) is 139 Å². The van der Waals surface area contributed by atoms with Gasteiger partial charge in [0.25, 0.3) is 0 Å². The number of carbonyl (C=O) groups excluding carboxylic acids is 1. The number of hydrogen-bond acceptors (Lipinski definition) is 11. The van der Waals surface area contributed by atoms with Gasteiger partial charge in [-0.25, -0.2) is 0 Å². The molecular weight excluding hydrogens is 777 g/mol. The van der Waals surface area contributed by atoms with E-state index < -0.39 is 52.0 Å². The molecule has 0 bridgehead atoms. The molecule has 1 heterocycles. The number of allylic oxidation sites excluding steroid dienone is 8. The molecule has 1 aliphatic rings. The zero-order chi connectivity index (χ0) is 44.4. The third-order valence-electron chi connectivity index (χ3n) is 11.3. The van der Waals surface area contributed by atoms with Gasteiger partial charge in [0.15, 0.2) is 5.78 Å². The van der Waals surface area contributed by atoms with Crippen molar-refractivity contribution in [2.75, 3.05) is 0 Å². The van der Waals surface area contributed by atoms with Crippen LogP contribution in [0, 0.1) is 5.92 Å². The fourth-order valence-corrected chi connectivity index (χ4v) is 8.23. The smallest absolute Gasteiger partial charge is 0.200 e. The summed E-state index contributed by atoms with van der Waals surface area (Å²) in [5.74, 6) is -7.00. The number of phenolic OH excluding ortho intramolecular Hbond substituents is 8. The van der Waals surface area contributed by atoms with Crippen molar-refractivity contribution in [3.8, 4) is 57.3 Å². The monoisotopic (exact) mass is 828 g/mol. The highest BCUT2D eigenvalue weighted by Gasteiger charge is 2.44. The van der Waals surface area contributed by atoms with E-state index >= 15 is 4.79 Å². The number of benzene rings is 4. The number of Topliss-reactive ketones (excluding diaryl/α,β-unsaturated/α-hetero) is 1. The minimum Gasteiger partial charge on any atom is -0.508 e. The molecule has 4 aromatic carbocycles. The Morgan fingerprint density at radius 2 is 1.38 bits per heavy atom. The second-order valence-corrected chi connectivity index (χ2v) is 16.5. The zero-order valence-electron chi connectivity index (χ0n) is 35.1. The molecule has 318 valence electrons. The molecule has 6 rings (SSSR count). The summed E-state index contributed by atoms with van der Waals surface area (Å²) in [6.07, 6.45) is 9.54. The highest BCUT2D eigenvalue weighted by Crippen LogP contribution is 2.53. The molecule has 0 spiro atoms. The predicted octanol–water partition coefficient (Wildman–Crippen LogP) is 10.6. The molecule has 11 nitrogen and oxygen atoms in total. The van der Waals surface area contributed by atoms with Gasteiger partial charge in [0.1, 0.15) is 62.7 Å². The molecule has 0 amide bonds.